The molecule has 0 spiro atoms. The second kappa shape index (κ2) is 5.14. The van der Waals surface area contributed by atoms with Crippen LogP contribution in [0.3, 0.4) is 0 Å². The van der Waals surface area contributed by atoms with E-state index in [1.54, 1.807) is 42.9 Å². The molecule has 0 radical (unpaired) electrons. The molecule has 2 heterocycles. The molecule has 0 aliphatic carbocycles. The fourth-order valence-electron chi connectivity index (χ4n) is 2.71. The van der Waals surface area contributed by atoms with Gasteiger partial charge in [0.2, 0.25) is 0 Å². The fourth-order valence-corrected chi connectivity index (χ4v) is 2.71. The lowest BCUT2D eigenvalue weighted by Crippen LogP contribution is -2.34. The van der Waals surface area contributed by atoms with Gasteiger partial charge < -0.3 is 0 Å². The number of imide groups is 1. The van der Waals surface area contributed by atoms with E-state index in [4.69, 9.17) is 0 Å². The van der Waals surface area contributed by atoms with Gasteiger partial charge in [-0.2, -0.15) is 0 Å². The first-order valence-electron chi connectivity index (χ1n) is 7.09. The predicted octanol–water partition coefficient (Wildman–Crippen LogP) is 2.87. The van der Waals surface area contributed by atoms with Crippen LogP contribution in [-0.4, -0.2) is 23.0 Å². The smallest absolute Gasteiger partial charge is 0.258 e. The highest BCUT2D eigenvalue weighted by molar-refractivity contribution is 6.26. The molecule has 1 N–H and O–H groups in total. The monoisotopic (exact) mass is 301 g/mol. The number of pyridine rings is 1. The summed E-state index contributed by atoms with van der Waals surface area (Å²) in [5.74, 6) is -0.744. The van der Waals surface area contributed by atoms with E-state index in [0.29, 0.717) is 22.2 Å². The molecule has 23 heavy (non-hydrogen) atoms. The van der Waals surface area contributed by atoms with Crippen LogP contribution >= 0.6 is 0 Å². The van der Waals surface area contributed by atoms with Gasteiger partial charge in [-0.15, -0.1) is 0 Å². The average molecular weight is 301 g/mol. The van der Waals surface area contributed by atoms with Gasteiger partial charge in [-0.05, 0) is 35.9 Å². The highest BCUT2D eigenvalue weighted by Crippen LogP contribution is 2.33. The van der Waals surface area contributed by atoms with Gasteiger partial charge in [0.1, 0.15) is 0 Å². The first-order valence-corrected chi connectivity index (χ1v) is 7.09. The maximum atomic E-state index is 12.0. The second-order valence-electron chi connectivity index (χ2n) is 5.18. The minimum atomic E-state index is -0.372. The van der Waals surface area contributed by atoms with Crippen molar-refractivity contribution in [3.63, 3.8) is 0 Å². The van der Waals surface area contributed by atoms with Gasteiger partial charge >= 0.3 is 0 Å². The number of carbonyl (C=O) groups excluding carboxylic acids is 2. The molecule has 1 aliphatic rings. The van der Waals surface area contributed by atoms with Crippen molar-refractivity contribution in [2.24, 2.45) is 4.99 Å². The molecule has 2 amide bonds. The molecule has 5 heteroatoms. The highest BCUT2D eigenvalue weighted by atomic mass is 16.2. The van der Waals surface area contributed by atoms with Crippen molar-refractivity contribution >= 4 is 34.5 Å². The Labute approximate surface area is 131 Å². The largest absolute Gasteiger partial charge is 0.288 e. The Morgan fingerprint density at radius 2 is 1.65 bits per heavy atom. The Balaban J connectivity index is 1.91. The van der Waals surface area contributed by atoms with Gasteiger partial charge in [0, 0.05) is 40.5 Å². The van der Waals surface area contributed by atoms with Crippen molar-refractivity contribution in [1.82, 2.24) is 10.3 Å². The number of benzene rings is 2. The summed E-state index contributed by atoms with van der Waals surface area (Å²) in [5.41, 5.74) is 2.63. The molecule has 0 unspecified atom stereocenters. The van der Waals surface area contributed by atoms with Crippen molar-refractivity contribution in [3.8, 4) is 0 Å². The summed E-state index contributed by atoms with van der Waals surface area (Å²) < 4.78 is 0. The molecule has 5 nitrogen and oxygen atoms in total. The first kappa shape index (κ1) is 13.3. The quantitative estimate of drug-likeness (QED) is 0.584. The number of aromatic nitrogens is 1. The molecular formula is C18H11N3O2. The molecule has 0 bridgehead atoms. The number of hydrogen-bond donors (Lipinski definition) is 1. The second-order valence-corrected chi connectivity index (χ2v) is 5.18. The number of carbonyl (C=O) groups is 2. The van der Waals surface area contributed by atoms with Gasteiger partial charge in [0.15, 0.2) is 0 Å². The van der Waals surface area contributed by atoms with Crippen LogP contribution in [-0.2, 0) is 0 Å². The van der Waals surface area contributed by atoms with E-state index >= 15 is 0 Å². The number of rotatable bonds is 2. The van der Waals surface area contributed by atoms with Crippen LogP contribution in [0.25, 0.3) is 10.8 Å². The van der Waals surface area contributed by atoms with Crippen LogP contribution in [0.2, 0.25) is 0 Å². The minimum Gasteiger partial charge on any atom is -0.288 e. The predicted molar refractivity (Wildman–Crippen MR) is 87.2 cm³/mol. The van der Waals surface area contributed by atoms with Crippen LogP contribution in [0.4, 0.5) is 5.69 Å². The normalized spacial score (nSPS) is 13.6. The maximum absolute atomic E-state index is 12.0. The summed E-state index contributed by atoms with van der Waals surface area (Å²) in [7, 11) is 0. The van der Waals surface area contributed by atoms with Crippen molar-refractivity contribution in [3.05, 3.63) is 71.5 Å². The SMILES string of the molecule is O=C1NC(=O)c2ccc(/N=C/c3ccncc3)c3cccc1c23. The number of aliphatic imine (C=N–C) groups is 1. The summed E-state index contributed by atoms with van der Waals surface area (Å²) in [4.78, 5) is 32.5. The molecule has 110 valence electrons. The van der Waals surface area contributed by atoms with Crippen LogP contribution in [0.15, 0.2) is 59.9 Å². The molecule has 1 aromatic heterocycles. The first-order chi connectivity index (χ1) is 11.2. The summed E-state index contributed by atoms with van der Waals surface area (Å²) in [6.07, 6.45) is 5.13. The number of amides is 2. The lowest BCUT2D eigenvalue weighted by molar-refractivity contribution is 0.0845. The summed E-state index contributed by atoms with van der Waals surface area (Å²) in [6, 6.07) is 12.6. The molecule has 0 fully saturated rings. The zero-order valence-electron chi connectivity index (χ0n) is 12.0. The summed E-state index contributed by atoms with van der Waals surface area (Å²) in [6.45, 7) is 0. The average Bonchev–Trinajstić information content (AvgIpc) is 2.59. The Morgan fingerprint density at radius 3 is 2.43 bits per heavy atom. The van der Waals surface area contributed by atoms with Crippen molar-refractivity contribution in [2.45, 2.75) is 0 Å². The van der Waals surface area contributed by atoms with Gasteiger partial charge in [-0.3, -0.25) is 24.9 Å². The zero-order valence-corrected chi connectivity index (χ0v) is 12.0. The minimum absolute atomic E-state index is 0.372. The molecule has 0 saturated heterocycles. The third-order valence-electron chi connectivity index (χ3n) is 3.79. The van der Waals surface area contributed by atoms with Crippen LogP contribution < -0.4 is 5.32 Å². The van der Waals surface area contributed by atoms with Crippen molar-refractivity contribution in [2.75, 3.05) is 0 Å². The van der Waals surface area contributed by atoms with Gasteiger partial charge in [0.25, 0.3) is 11.8 Å². The van der Waals surface area contributed by atoms with E-state index in [0.717, 1.165) is 10.9 Å². The Morgan fingerprint density at radius 1 is 0.913 bits per heavy atom. The third kappa shape index (κ3) is 2.19. The lowest BCUT2D eigenvalue weighted by Gasteiger charge is -2.17. The van der Waals surface area contributed by atoms with E-state index in [9.17, 15) is 9.59 Å². The fraction of sp³-hybridized carbons (Fsp3) is 0. The number of nitrogens with one attached hydrogen (secondary N) is 1. The van der Waals surface area contributed by atoms with E-state index in [2.05, 4.69) is 15.3 Å². The van der Waals surface area contributed by atoms with Crippen molar-refractivity contribution in [1.29, 1.82) is 0 Å². The molecule has 4 rings (SSSR count). The van der Waals surface area contributed by atoms with E-state index in [-0.39, 0.29) is 11.8 Å². The van der Waals surface area contributed by atoms with Gasteiger partial charge in [-0.25, -0.2) is 0 Å². The standard InChI is InChI=1S/C18H11N3O2/c22-17-13-3-1-2-12-15(20-10-11-6-8-19-9-7-11)5-4-14(16(12)13)18(23)21-17/h1-10H,(H,21,22,23)/b20-10+. The summed E-state index contributed by atoms with van der Waals surface area (Å²) >= 11 is 0. The number of nitrogens with zero attached hydrogens (tertiary/aromatic N) is 2. The molecule has 2 aromatic carbocycles. The lowest BCUT2D eigenvalue weighted by atomic mass is 9.94. The van der Waals surface area contributed by atoms with E-state index in [1.165, 1.54) is 0 Å². The Bertz CT molecular complexity index is 958. The van der Waals surface area contributed by atoms with Crippen LogP contribution in [0.1, 0.15) is 26.3 Å². The molecule has 0 atom stereocenters. The van der Waals surface area contributed by atoms with Gasteiger partial charge in [0.05, 0.1) is 5.69 Å². The molecule has 3 aromatic rings. The van der Waals surface area contributed by atoms with E-state index in [1.807, 2.05) is 18.2 Å². The maximum Gasteiger partial charge on any atom is 0.258 e. The molecule has 0 saturated carbocycles. The van der Waals surface area contributed by atoms with Gasteiger partial charge in [-0.1, -0.05) is 12.1 Å². The Hall–Kier alpha value is -3.34. The van der Waals surface area contributed by atoms with Crippen molar-refractivity contribution < 1.29 is 9.59 Å². The zero-order chi connectivity index (χ0) is 15.8. The highest BCUT2D eigenvalue weighted by Gasteiger charge is 2.25. The topological polar surface area (TPSA) is 71.4 Å². The van der Waals surface area contributed by atoms with Crippen LogP contribution in [0.5, 0.6) is 0 Å². The Kier molecular flexibility index (Phi) is 2.98. The number of hydrogen-bond acceptors (Lipinski definition) is 4. The molecular weight excluding hydrogens is 290 g/mol. The van der Waals surface area contributed by atoms with Crippen LogP contribution in [0, 0.1) is 0 Å². The third-order valence-corrected chi connectivity index (χ3v) is 3.79. The molecule has 1 aliphatic heterocycles. The van der Waals surface area contributed by atoms with E-state index < -0.39 is 0 Å². The summed E-state index contributed by atoms with van der Waals surface area (Å²) in [5, 5.41) is 3.79.